The molecule has 76 heavy (non-hydrogen) atoms. The van der Waals surface area contributed by atoms with Crippen molar-refractivity contribution in [3.8, 4) is 22.5 Å². The highest BCUT2D eigenvalue weighted by molar-refractivity contribution is 7.10. The van der Waals surface area contributed by atoms with Crippen molar-refractivity contribution in [2.24, 2.45) is 17.3 Å². The average molecular weight is 1050 g/mol. The van der Waals surface area contributed by atoms with Gasteiger partial charge in [-0.3, -0.25) is 34.2 Å². The summed E-state index contributed by atoms with van der Waals surface area (Å²) in [7, 11) is 1.73. The smallest absolute Gasteiger partial charge is 0.324 e. The molecule has 6 aromatic rings. The van der Waals surface area contributed by atoms with E-state index in [1.807, 2.05) is 24.4 Å². The van der Waals surface area contributed by atoms with E-state index in [1.165, 1.54) is 30.5 Å². The molecule has 19 heteroatoms. The van der Waals surface area contributed by atoms with Crippen LogP contribution in [-0.2, 0) is 30.3 Å². The third-order valence-electron chi connectivity index (χ3n) is 17.7. The molecular weight excluding hydrogens is 979 g/mol. The van der Waals surface area contributed by atoms with Crippen LogP contribution in [0.3, 0.4) is 0 Å². The van der Waals surface area contributed by atoms with Gasteiger partial charge >= 0.3 is 5.97 Å². The Kier molecular flexibility index (Phi) is 12.6. The molecule has 4 saturated heterocycles. The molecule has 1 spiro atoms. The fourth-order valence-corrected chi connectivity index (χ4v) is 14.4. The molecule has 2 N–H and O–H groups in total. The van der Waals surface area contributed by atoms with E-state index in [0.29, 0.717) is 44.9 Å². The molecule has 1 aromatic carbocycles. The maximum Gasteiger partial charge on any atom is 0.324 e. The van der Waals surface area contributed by atoms with Crippen LogP contribution in [0, 0.1) is 17.3 Å². The van der Waals surface area contributed by atoms with Crippen LogP contribution < -0.4 is 15.6 Å². The van der Waals surface area contributed by atoms with Crippen molar-refractivity contribution in [1.29, 1.82) is 0 Å². The summed E-state index contributed by atoms with van der Waals surface area (Å²) in [6.07, 6.45) is 14.3. The lowest BCUT2D eigenvalue weighted by Gasteiger charge is -2.56. The van der Waals surface area contributed by atoms with E-state index < -0.39 is 35.4 Å². The zero-order valence-electron chi connectivity index (χ0n) is 44.0. The summed E-state index contributed by atoms with van der Waals surface area (Å²) in [5, 5.41) is 8.86. The number of carbonyl (C=O) groups excluding carboxylic acids is 3. The van der Waals surface area contributed by atoms with E-state index in [2.05, 4.69) is 107 Å². The number of nitrogens with zero attached hydrogens (tertiary/aromatic N) is 11. The van der Waals surface area contributed by atoms with E-state index in [1.54, 1.807) is 30.8 Å². The average Bonchev–Trinajstić information content (AvgIpc) is 4.22. The van der Waals surface area contributed by atoms with Gasteiger partial charge in [-0.15, -0.1) is 11.3 Å². The van der Waals surface area contributed by atoms with Gasteiger partial charge in [0.2, 0.25) is 5.91 Å². The zero-order chi connectivity index (χ0) is 52.0. The van der Waals surface area contributed by atoms with E-state index in [9.17, 15) is 9.59 Å². The molecule has 13 rings (SSSR count). The first kappa shape index (κ1) is 49.3. The largest absolute Gasteiger partial charge is 0.464 e. The van der Waals surface area contributed by atoms with Crippen LogP contribution in [0.1, 0.15) is 112 Å². The highest BCUT2D eigenvalue weighted by atomic mass is 32.1. The number of likely N-dealkylation sites (tertiary alicyclic amines) is 2. The normalized spacial score (nSPS) is 27.2. The van der Waals surface area contributed by atoms with Crippen LogP contribution in [0.2, 0.25) is 0 Å². The summed E-state index contributed by atoms with van der Waals surface area (Å²) in [4.78, 5) is 80.3. The molecular formula is C57H67N13O5S. The molecule has 10 heterocycles. The highest BCUT2D eigenvalue weighted by Gasteiger charge is 2.58. The minimum Gasteiger partial charge on any atom is -0.464 e. The van der Waals surface area contributed by atoms with Crippen molar-refractivity contribution >= 4 is 45.8 Å². The lowest BCUT2D eigenvalue weighted by molar-refractivity contribution is -0.156. The third kappa shape index (κ3) is 8.75. The van der Waals surface area contributed by atoms with Crippen molar-refractivity contribution in [1.82, 2.24) is 60.0 Å². The predicted molar refractivity (Wildman–Crippen MR) is 287 cm³/mol. The molecule has 18 nitrogen and oxygen atoms in total. The number of ether oxygens (including phenoxy) is 2. The van der Waals surface area contributed by atoms with Crippen molar-refractivity contribution in [3.05, 3.63) is 101 Å². The van der Waals surface area contributed by atoms with E-state index in [-0.39, 0.29) is 47.9 Å². The number of fused-ring (bicyclic) bond motifs is 6. The molecule has 6 bridgehead atoms. The third-order valence-corrected chi connectivity index (χ3v) is 18.6. The number of hydrogen-bond acceptors (Lipinski definition) is 16. The number of hydrogen-bond donors (Lipinski definition) is 2. The van der Waals surface area contributed by atoms with Gasteiger partial charge < -0.3 is 24.3 Å². The van der Waals surface area contributed by atoms with Gasteiger partial charge in [-0.1, -0.05) is 26.8 Å². The lowest BCUT2D eigenvalue weighted by atomic mass is 9.84. The number of methoxy groups -OCH3 is 1. The molecule has 7 aliphatic rings. The molecule has 2 amide bonds. The Morgan fingerprint density at radius 3 is 2.53 bits per heavy atom. The standard InChI is InChI=1S/C57H67N13O5S/c1-33-46(41-15-19-58-31-61-41)47(33)52(71)64-49-51(67-28-57(29-67)17-8-21-68(57)45-16-20-59-32-62-45)53-63-43(27-76-53)35-11-14-44-39(23-35)40(24-56(3,4)30-75-55(73)42-10-7-22-69(65-42)54(49)72)50(38-9-6-18-60-48(38)34(2)74-5)70(44)37-25-66(26-37)36-12-13-36/h6,9,11,14-16,18-20,23,27,31-34,36-37,42,46-47,49,51,65H,7-8,10,12-13,17,21-22,24-26,28-30H2,1-5H3,(H,64,71)/t33-,34-,42-,46-,47+,49-,51-/m0/s1. The van der Waals surface area contributed by atoms with Crippen molar-refractivity contribution in [2.45, 2.75) is 120 Å². The number of thiazole rings is 1. The molecule has 396 valence electrons. The molecule has 5 aromatic heterocycles. The maximum absolute atomic E-state index is 15.6. The summed E-state index contributed by atoms with van der Waals surface area (Å²) in [5.74, 6) is -0.581. The number of esters is 1. The Morgan fingerprint density at radius 1 is 0.947 bits per heavy atom. The second-order valence-electron chi connectivity index (χ2n) is 23.3. The monoisotopic (exact) mass is 1050 g/mol. The van der Waals surface area contributed by atoms with Gasteiger partial charge in [0.1, 0.15) is 35.6 Å². The Morgan fingerprint density at radius 2 is 1.76 bits per heavy atom. The molecule has 7 atom stereocenters. The van der Waals surface area contributed by atoms with Gasteiger partial charge in [0.25, 0.3) is 5.91 Å². The second kappa shape index (κ2) is 19.3. The Hall–Kier alpha value is -6.25. The summed E-state index contributed by atoms with van der Waals surface area (Å²) in [6, 6.07) is 13.2. The first-order valence-corrected chi connectivity index (χ1v) is 28.2. The summed E-state index contributed by atoms with van der Waals surface area (Å²) in [5.41, 5.74) is 10.5. The van der Waals surface area contributed by atoms with E-state index >= 15 is 4.79 Å². The Labute approximate surface area is 447 Å². The molecule has 5 aliphatic heterocycles. The van der Waals surface area contributed by atoms with Crippen molar-refractivity contribution < 1.29 is 23.9 Å². The van der Waals surface area contributed by atoms with Gasteiger partial charge in [0.15, 0.2) is 0 Å². The van der Waals surface area contributed by atoms with Gasteiger partial charge in [-0.25, -0.2) is 30.3 Å². The summed E-state index contributed by atoms with van der Waals surface area (Å²) in [6.45, 7) is 13.0. The number of carbonyl (C=O) groups is 3. The molecule has 6 fully saturated rings. The van der Waals surface area contributed by atoms with Gasteiger partial charge in [-0.05, 0) is 99.7 Å². The minimum atomic E-state index is -1.07. The summed E-state index contributed by atoms with van der Waals surface area (Å²) >= 11 is 1.52. The number of amides is 2. The number of benzene rings is 1. The van der Waals surface area contributed by atoms with Crippen LogP contribution in [0.4, 0.5) is 5.82 Å². The van der Waals surface area contributed by atoms with Crippen LogP contribution >= 0.6 is 11.3 Å². The number of aromatic nitrogens is 7. The Bertz CT molecular complexity index is 3170. The fraction of sp³-hybridized carbons (Fsp3) is 0.526. The topological polar surface area (TPSA) is 189 Å². The van der Waals surface area contributed by atoms with Crippen molar-refractivity contribution in [2.75, 3.05) is 57.9 Å². The first-order chi connectivity index (χ1) is 36.9. The van der Waals surface area contributed by atoms with E-state index in [4.69, 9.17) is 19.4 Å². The fourth-order valence-electron chi connectivity index (χ4n) is 13.4. The summed E-state index contributed by atoms with van der Waals surface area (Å²) < 4.78 is 14.9. The Balaban J connectivity index is 0.953. The number of nitrogens with one attached hydrogen (secondary N) is 2. The van der Waals surface area contributed by atoms with Crippen LogP contribution in [0.5, 0.6) is 0 Å². The van der Waals surface area contributed by atoms with Gasteiger partial charge in [-0.2, -0.15) is 0 Å². The second-order valence-corrected chi connectivity index (χ2v) is 24.2. The SMILES string of the molecule is CO[C@@H](C)c1ncccc1-c1c2c3cc(ccc3n1C1CN(C3CC3)C1)-c1csc(n1)[C@@H](N1CC3(CCCN3c3ccncn3)C1)[C@H](NC(=O)[C@@H]1[C@@H](C)[C@H]1c1ccncn1)C(=O)N1CCC[C@H](N1)C(=O)OCC(C)(C)C2. The quantitative estimate of drug-likeness (QED) is 0.138. The zero-order valence-corrected chi connectivity index (χ0v) is 44.8. The number of pyridine rings is 1. The molecule has 2 saturated carbocycles. The van der Waals surface area contributed by atoms with Crippen LogP contribution in [0.15, 0.2) is 79.1 Å². The molecule has 2 aliphatic carbocycles. The lowest BCUT2D eigenvalue weighted by Crippen LogP contribution is -2.71. The number of cyclic esters (lactones) is 1. The molecule has 0 unspecified atom stereocenters. The number of hydrazine groups is 1. The van der Waals surface area contributed by atoms with Gasteiger partial charge in [0.05, 0.1) is 47.4 Å². The maximum atomic E-state index is 15.6. The van der Waals surface area contributed by atoms with Gasteiger partial charge in [0, 0.05) is 121 Å². The molecule has 0 radical (unpaired) electrons. The number of anilines is 1. The predicted octanol–water partition coefficient (Wildman–Crippen LogP) is 6.68. The van der Waals surface area contributed by atoms with Crippen LogP contribution in [-0.4, -0.2) is 144 Å². The minimum absolute atomic E-state index is 0.00237. The van der Waals surface area contributed by atoms with E-state index in [0.717, 1.165) is 93.7 Å². The van der Waals surface area contributed by atoms with Crippen LogP contribution in [0.25, 0.3) is 33.4 Å². The first-order valence-electron chi connectivity index (χ1n) is 27.3. The number of rotatable bonds is 10. The highest BCUT2D eigenvalue weighted by Crippen LogP contribution is 2.54. The van der Waals surface area contributed by atoms with Crippen molar-refractivity contribution in [3.63, 3.8) is 0 Å².